The first-order valence-electron chi connectivity index (χ1n) is 6.33. The van der Waals surface area contributed by atoms with Crippen LogP contribution in [0.4, 0.5) is 4.39 Å². The number of primary amides is 1. The van der Waals surface area contributed by atoms with Crippen molar-refractivity contribution < 1.29 is 9.18 Å². The highest BCUT2D eigenvalue weighted by Gasteiger charge is 2.29. The average molecular weight is 298 g/mol. The molecule has 0 bridgehead atoms. The number of nitrogens with zero attached hydrogens (tertiary/aromatic N) is 2. The van der Waals surface area contributed by atoms with Crippen LogP contribution in [0.2, 0.25) is 0 Å². The van der Waals surface area contributed by atoms with Gasteiger partial charge in [0.15, 0.2) is 0 Å². The molecule has 1 aromatic heterocycles. The fraction of sp³-hybridized carbons (Fsp3) is 0.429. The van der Waals surface area contributed by atoms with Gasteiger partial charge < -0.3 is 10.3 Å². The Bertz CT molecular complexity index is 664. The highest BCUT2D eigenvalue weighted by molar-refractivity contribution is 6.20. The molecule has 0 spiro atoms. The van der Waals surface area contributed by atoms with Crippen molar-refractivity contribution in [1.82, 2.24) is 9.55 Å². The van der Waals surface area contributed by atoms with Gasteiger partial charge in [-0.15, -0.1) is 11.6 Å². The summed E-state index contributed by atoms with van der Waals surface area (Å²) in [5, 5.41) is -0.363. The maximum atomic E-state index is 13.5. The van der Waals surface area contributed by atoms with Gasteiger partial charge in [0.2, 0.25) is 5.91 Å². The summed E-state index contributed by atoms with van der Waals surface area (Å²) in [6.45, 7) is 5.50. The molecule has 1 heterocycles. The molecule has 2 aromatic rings. The Morgan fingerprint density at radius 1 is 1.55 bits per heavy atom. The lowest BCUT2D eigenvalue weighted by molar-refractivity contribution is -0.119. The molecule has 2 N–H and O–H groups in total. The van der Waals surface area contributed by atoms with Gasteiger partial charge in [0.25, 0.3) is 0 Å². The van der Waals surface area contributed by atoms with Crippen LogP contribution in [0.3, 0.4) is 0 Å². The normalized spacial score (nSPS) is 13.7. The van der Waals surface area contributed by atoms with Crippen molar-refractivity contribution in [3.63, 3.8) is 0 Å². The Morgan fingerprint density at radius 2 is 2.20 bits per heavy atom. The minimum atomic E-state index is -0.632. The van der Waals surface area contributed by atoms with E-state index in [0.717, 1.165) is 0 Å². The van der Waals surface area contributed by atoms with Crippen LogP contribution in [0.1, 0.15) is 38.4 Å². The lowest BCUT2D eigenvalue weighted by Crippen LogP contribution is -2.33. The lowest BCUT2D eigenvalue weighted by Gasteiger charge is -2.28. The summed E-state index contributed by atoms with van der Waals surface area (Å²) < 4.78 is 15.3. The Labute approximate surface area is 121 Å². The van der Waals surface area contributed by atoms with Crippen molar-refractivity contribution in [3.8, 4) is 0 Å². The molecule has 1 aromatic carbocycles. The highest BCUT2D eigenvalue weighted by atomic mass is 35.5. The lowest BCUT2D eigenvalue weighted by atomic mass is 9.99. The number of nitrogens with two attached hydrogens (primary N) is 1. The standard InChI is InChI=1S/C14H17ClFN3O/c1-8(15)13-18-10-5-4-9(16)6-11(10)19(13)14(2,3)7-12(17)20/h4-6,8H,7H2,1-3H3,(H2,17,20). The molecule has 1 atom stereocenters. The SMILES string of the molecule is CC(Cl)c1nc2ccc(F)cc2n1C(C)(C)CC(N)=O. The van der Waals surface area contributed by atoms with Crippen LogP contribution in [0, 0.1) is 5.82 Å². The number of halogens is 2. The second-order valence-electron chi connectivity index (χ2n) is 5.51. The number of hydrogen-bond donors (Lipinski definition) is 1. The van der Waals surface area contributed by atoms with Crippen molar-refractivity contribution in [2.45, 2.75) is 38.1 Å². The van der Waals surface area contributed by atoms with E-state index >= 15 is 0 Å². The van der Waals surface area contributed by atoms with Gasteiger partial charge in [0, 0.05) is 12.0 Å². The summed E-state index contributed by atoms with van der Waals surface area (Å²) in [4.78, 5) is 15.7. The number of amides is 1. The molecular formula is C14H17ClFN3O. The quantitative estimate of drug-likeness (QED) is 0.882. The van der Waals surface area contributed by atoms with Crippen LogP contribution in [0.15, 0.2) is 18.2 Å². The fourth-order valence-corrected chi connectivity index (χ4v) is 2.62. The molecule has 0 saturated heterocycles. The van der Waals surface area contributed by atoms with Gasteiger partial charge in [-0.05, 0) is 39.0 Å². The zero-order chi connectivity index (χ0) is 15.1. The molecule has 0 aliphatic carbocycles. The number of alkyl halides is 1. The second kappa shape index (κ2) is 5.05. The summed E-state index contributed by atoms with van der Waals surface area (Å²) in [6, 6.07) is 4.35. The van der Waals surface area contributed by atoms with E-state index in [9.17, 15) is 9.18 Å². The molecule has 0 saturated carbocycles. The Hall–Kier alpha value is -1.62. The zero-order valence-corrected chi connectivity index (χ0v) is 12.4. The molecule has 6 heteroatoms. The number of carbonyl (C=O) groups is 1. The largest absolute Gasteiger partial charge is 0.370 e. The Kier molecular flexibility index (Phi) is 3.73. The number of aromatic nitrogens is 2. The Morgan fingerprint density at radius 3 is 2.75 bits per heavy atom. The van der Waals surface area contributed by atoms with E-state index in [1.165, 1.54) is 12.1 Å². The van der Waals surface area contributed by atoms with E-state index in [0.29, 0.717) is 16.9 Å². The monoisotopic (exact) mass is 297 g/mol. The molecule has 1 unspecified atom stereocenters. The van der Waals surface area contributed by atoms with Crippen LogP contribution < -0.4 is 5.73 Å². The van der Waals surface area contributed by atoms with E-state index < -0.39 is 11.4 Å². The predicted octanol–water partition coefficient (Wildman–Crippen LogP) is 3.09. The molecule has 1 amide bonds. The van der Waals surface area contributed by atoms with E-state index in [1.54, 1.807) is 17.6 Å². The summed E-state index contributed by atoms with van der Waals surface area (Å²) in [7, 11) is 0. The van der Waals surface area contributed by atoms with Gasteiger partial charge in [0.05, 0.1) is 16.4 Å². The maximum absolute atomic E-state index is 13.5. The summed E-state index contributed by atoms with van der Waals surface area (Å²) in [5.41, 5.74) is 5.93. The van der Waals surface area contributed by atoms with E-state index in [1.807, 2.05) is 13.8 Å². The molecular weight excluding hydrogens is 281 g/mol. The number of hydrogen-bond acceptors (Lipinski definition) is 2. The molecule has 0 aliphatic heterocycles. The van der Waals surface area contributed by atoms with Crippen LogP contribution in [-0.4, -0.2) is 15.5 Å². The number of carbonyl (C=O) groups excluding carboxylic acids is 1. The van der Waals surface area contributed by atoms with Gasteiger partial charge in [-0.25, -0.2) is 9.37 Å². The molecule has 0 radical (unpaired) electrons. The number of rotatable bonds is 4. The van der Waals surface area contributed by atoms with E-state index in [2.05, 4.69) is 4.98 Å². The van der Waals surface area contributed by atoms with Gasteiger partial charge >= 0.3 is 0 Å². The Balaban J connectivity index is 2.73. The third-order valence-corrected chi connectivity index (χ3v) is 3.41. The van der Waals surface area contributed by atoms with Gasteiger partial charge in [-0.1, -0.05) is 0 Å². The fourth-order valence-electron chi connectivity index (χ4n) is 2.48. The average Bonchev–Trinajstić information content (AvgIpc) is 2.66. The molecule has 108 valence electrons. The first-order valence-corrected chi connectivity index (χ1v) is 6.77. The maximum Gasteiger partial charge on any atom is 0.219 e. The zero-order valence-electron chi connectivity index (χ0n) is 11.7. The van der Waals surface area contributed by atoms with Crippen molar-refractivity contribution in [2.24, 2.45) is 5.73 Å². The minimum Gasteiger partial charge on any atom is -0.370 e. The topological polar surface area (TPSA) is 60.9 Å². The van der Waals surface area contributed by atoms with Crippen molar-refractivity contribution in [3.05, 3.63) is 29.8 Å². The first-order chi connectivity index (χ1) is 9.22. The summed E-state index contributed by atoms with van der Waals surface area (Å²) in [6.07, 6.45) is 0.117. The van der Waals surface area contributed by atoms with Gasteiger partial charge in [-0.2, -0.15) is 0 Å². The van der Waals surface area contributed by atoms with Crippen LogP contribution in [-0.2, 0) is 10.3 Å². The third-order valence-electron chi connectivity index (χ3n) is 3.21. The van der Waals surface area contributed by atoms with Gasteiger partial charge in [-0.3, -0.25) is 4.79 Å². The van der Waals surface area contributed by atoms with Crippen molar-refractivity contribution in [1.29, 1.82) is 0 Å². The minimum absolute atomic E-state index is 0.117. The summed E-state index contributed by atoms with van der Waals surface area (Å²) >= 11 is 6.17. The third kappa shape index (κ3) is 2.63. The van der Waals surface area contributed by atoms with E-state index in [-0.39, 0.29) is 17.6 Å². The van der Waals surface area contributed by atoms with Gasteiger partial charge in [0.1, 0.15) is 11.6 Å². The first kappa shape index (κ1) is 14.8. The molecule has 0 fully saturated rings. The predicted molar refractivity (Wildman–Crippen MR) is 77.1 cm³/mol. The van der Waals surface area contributed by atoms with Crippen LogP contribution in [0.5, 0.6) is 0 Å². The van der Waals surface area contributed by atoms with Crippen molar-refractivity contribution >= 4 is 28.5 Å². The molecule has 20 heavy (non-hydrogen) atoms. The van der Waals surface area contributed by atoms with E-state index in [4.69, 9.17) is 17.3 Å². The second-order valence-corrected chi connectivity index (χ2v) is 6.16. The van der Waals surface area contributed by atoms with Crippen LogP contribution >= 0.6 is 11.6 Å². The number of imidazole rings is 1. The molecule has 2 rings (SSSR count). The summed E-state index contributed by atoms with van der Waals surface area (Å²) in [5.74, 6) is -0.192. The van der Waals surface area contributed by atoms with Crippen molar-refractivity contribution in [2.75, 3.05) is 0 Å². The number of fused-ring (bicyclic) bond motifs is 1. The number of benzene rings is 1. The highest BCUT2D eigenvalue weighted by Crippen LogP contribution is 2.32. The van der Waals surface area contributed by atoms with Crippen LogP contribution in [0.25, 0.3) is 11.0 Å². The molecule has 0 aliphatic rings. The molecule has 4 nitrogen and oxygen atoms in total. The smallest absolute Gasteiger partial charge is 0.219 e.